The zero-order chi connectivity index (χ0) is 16.6. The Bertz CT molecular complexity index is 688. The maximum atomic E-state index is 12.0. The molecule has 0 radical (unpaired) electrons. The topological polar surface area (TPSA) is 33.5 Å². The monoisotopic (exact) mass is 321 g/mol. The van der Waals surface area contributed by atoms with Gasteiger partial charge in [0.1, 0.15) is 6.54 Å². The molecule has 0 spiro atoms. The Morgan fingerprint density at radius 2 is 1.62 bits per heavy atom. The fourth-order valence-corrected chi connectivity index (χ4v) is 3.20. The lowest BCUT2D eigenvalue weighted by Gasteiger charge is -2.15. The summed E-state index contributed by atoms with van der Waals surface area (Å²) in [4.78, 5) is 13.7. The molecule has 2 aromatic rings. The molecule has 1 saturated heterocycles. The van der Waals surface area contributed by atoms with Gasteiger partial charge >= 0.3 is 0 Å². The summed E-state index contributed by atoms with van der Waals surface area (Å²) in [6, 6.07) is 18.3. The van der Waals surface area contributed by atoms with Crippen molar-refractivity contribution in [3.05, 3.63) is 77.4 Å². The lowest BCUT2D eigenvalue weighted by atomic mass is 10.1. The van der Waals surface area contributed by atoms with E-state index in [4.69, 9.17) is 0 Å². The van der Waals surface area contributed by atoms with Crippen LogP contribution >= 0.6 is 0 Å². The molecule has 1 heterocycles. The van der Waals surface area contributed by atoms with Gasteiger partial charge in [-0.2, -0.15) is 0 Å². The van der Waals surface area contributed by atoms with Crippen molar-refractivity contribution >= 4 is 12.0 Å². The van der Waals surface area contributed by atoms with Crippen molar-refractivity contribution < 1.29 is 9.69 Å². The van der Waals surface area contributed by atoms with E-state index in [0.29, 0.717) is 6.54 Å². The van der Waals surface area contributed by atoms with Crippen molar-refractivity contribution in [3.63, 3.8) is 0 Å². The standard InChI is InChI=1S/C21H24N2O/c24-21(13-12-18-8-2-1-3-9-18)22-16-19-10-4-5-11-20(19)17-23-14-6-7-15-23/h1-5,8-13H,6-7,14-17H2,(H,22,24)/p+1/b13-12+. The second-order valence-electron chi connectivity index (χ2n) is 6.36. The molecule has 0 saturated carbocycles. The number of amides is 1. The summed E-state index contributed by atoms with van der Waals surface area (Å²) in [5, 5.41) is 3.00. The minimum atomic E-state index is -0.0535. The number of carbonyl (C=O) groups excluding carboxylic acids is 1. The molecule has 1 fully saturated rings. The number of benzene rings is 2. The van der Waals surface area contributed by atoms with E-state index in [1.807, 2.05) is 42.5 Å². The molecule has 2 aromatic carbocycles. The Morgan fingerprint density at radius 3 is 2.38 bits per heavy atom. The Morgan fingerprint density at radius 1 is 0.958 bits per heavy atom. The van der Waals surface area contributed by atoms with Gasteiger partial charge < -0.3 is 10.2 Å². The summed E-state index contributed by atoms with van der Waals surface area (Å²) in [7, 11) is 0. The quantitative estimate of drug-likeness (QED) is 0.786. The van der Waals surface area contributed by atoms with E-state index in [2.05, 4.69) is 23.5 Å². The Hall–Kier alpha value is -2.39. The van der Waals surface area contributed by atoms with Crippen LogP contribution in [0.5, 0.6) is 0 Å². The minimum absolute atomic E-state index is 0.0535. The summed E-state index contributed by atoms with van der Waals surface area (Å²) in [6.07, 6.45) is 6.11. The van der Waals surface area contributed by atoms with Crippen LogP contribution in [-0.2, 0) is 17.9 Å². The van der Waals surface area contributed by atoms with Crippen molar-refractivity contribution in [1.29, 1.82) is 0 Å². The van der Waals surface area contributed by atoms with E-state index in [-0.39, 0.29) is 5.91 Å². The molecular formula is C21H25N2O+. The average Bonchev–Trinajstić information content (AvgIpc) is 3.13. The smallest absolute Gasteiger partial charge is 0.244 e. The fourth-order valence-electron chi connectivity index (χ4n) is 3.20. The number of hydrogen-bond acceptors (Lipinski definition) is 1. The molecule has 3 rings (SSSR count). The van der Waals surface area contributed by atoms with Crippen LogP contribution in [0.15, 0.2) is 60.7 Å². The van der Waals surface area contributed by atoms with Crippen molar-refractivity contribution in [3.8, 4) is 0 Å². The minimum Gasteiger partial charge on any atom is -0.348 e. The fraction of sp³-hybridized carbons (Fsp3) is 0.286. The molecule has 1 amide bonds. The SMILES string of the molecule is O=C(/C=C/c1ccccc1)NCc1ccccc1C[NH+]1CCCC1. The average molecular weight is 321 g/mol. The summed E-state index contributed by atoms with van der Waals surface area (Å²) < 4.78 is 0. The number of rotatable bonds is 6. The van der Waals surface area contributed by atoms with Gasteiger partial charge in [0.25, 0.3) is 0 Å². The molecule has 0 aromatic heterocycles. The first kappa shape index (κ1) is 16.5. The van der Waals surface area contributed by atoms with Crippen LogP contribution in [0.25, 0.3) is 6.08 Å². The number of quaternary nitrogens is 1. The third-order valence-electron chi connectivity index (χ3n) is 4.55. The molecule has 3 heteroatoms. The molecular weight excluding hydrogens is 296 g/mol. The molecule has 1 aliphatic heterocycles. The van der Waals surface area contributed by atoms with Gasteiger partial charge in [-0.1, -0.05) is 54.6 Å². The molecule has 24 heavy (non-hydrogen) atoms. The maximum absolute atomic E-state index is 12.0. The Labute approximate surface area is 144 Å². The number of hydrogen-bond donors (Lipinski definition) is 2. The van der Waals surface area contributed by atoms with E-state index in [1.54, 1.807) is 11.0 Å². The molecule has 1 aliphatic rings. The predicted octanol–water partition coefficient (Wildman–Crippen LogP) is 2.19. The lowest BCUT2D eigenvalue weighted by Crippen LogP contribution is -3.08. The molecule has 0 unspecified atom stereocenters. The molecule has 0 bridgehead atoms. The van der Waals surface area contributed by atoms with E-state index < -0.39 is 0 Å². The van der Waals surface area contributed by atoms with Crippen molar-refractivity contribution in [2.24, 2.45) is 0 Å². The van der Waals surface area contributed by atoms with Crippen LogP contribution < -0.4 is 10.2 Å². The van der Waals surface area contributed by atoms with Gasteiger partial charge in [0.15, 0.2) is 0 Å². The van der Waals surface area contributed by atoms with E-state index >= 15 is 0 Å². The summed E-state index contributed by atoms with van der Waals surface area (Å²) in [5.41, 5.74) is 3.60. The summed E-state index contributed by atoms with van der Waals surface area (Å²) in [6.45, 7) is 4.17. The van der Waals surface area contributed by atoms with Crippen LogP contribution in [-0.4, -0.2) is 19.0 Å². The largest absolute Gasteiger partial charge is 0.348 e. The molecule has 2 N–H and O–H groups in total. The third-order valence-corrected chi connectivity index (χ3v) is 4.55. The van der Waals surface area contributed by atoms with Gasteiger partial charge in [0, 0.05) is 31.0 Å². The Balaban J connectivity index is 1.56. The zero-order valence-electron chi connectivity index (χ0n) is 14.0. The van der Waals surface area contributed by atoms with E-state index in [9.17, 15) is 4.79 Å². The second-order valence-corrected chi connectivity index (χ2v) is 6.36. The van der Waals surface area contributed by atoms with Crippen LogP contribution in [0.1, 0.15) is 29.5 Å². The first-order valence-corrected chi connectivity index (χ1v) is 8.72. The highest BCUT2D eigenvalue weighted by molar-refractivity contribution is 5.91. The summed E-state index contributed by atoms with van der Waals surface area (Å²) in [5.74, 6) is -0.0535. The molecule has 0 atom stereocenters. The van der Waals surface area contributed by atoms with Crippen molar-refractivity contribution in [2.75, 3.05) is 13.1 Å². The highest BCUT2D eigenvalue weighted by atomic mass is 16.1. The van der Waals surface area contributed by atoms with Crippen molar-refractivity contribution in [1.82, 2.24) is 5.32 Å². The van der Waals surface area contributed by atoms with Crippen LogP contribution in [0, 0.1) is 0 Å². The molecule has 124 valence electrons. The lowest BCUT2D eigenvalue weighted by molar-refractivity contribution is -0.901. The highest BCUT2D eigenvalue weighted by Crippen LogP contribution is 2.08. The van der Waals surface area contributed by atoms with Crippen LogP contribution in [0.2, 0.25) is 0 Å². The van der Waals surface area contributed by atoms with Crippen LogP contribution in [0.4, 0.5) is 0 Å². The Kier molecular flexibility index (Phi) is 5.80. The van der Waals surface area contributed by atoms with E-state index in [1.165, 1.54) is 37.1 Å². The van der Waals surface area contributed by atoms with Crippen molar-refractivity contribution in [2.45, 2.75) is 25.9 Å². The number of nitrogens with one attached hydrogen (secondary N) is 2. The zero-order valence-corrected chi connectivity index (χ0v) is 14.0. The van der Waals surface area contributed by atoms with Gasteiger partial charge in [0.05, 0.1) is 13.1 Å². The maximum Gasteiger partial charge on any atom is 0.244 e. The van der Waals surface area contributed by atoms with Gasteiger partial charge in [-0.3, -0.25) is 4.79 Å². The van der Waals surface area contributed by atoms with E-state index in [0.717, 1.165) is 12.1 Å². The van der Waals surface area contributed by atoms with Gasteiger partial charge in [-0.25, -0.2) is 0 Å². The van der Waals surface area contributed by atoms with Gasteiger partial charge in [0.2, 0.25) is 5.91 Å². The molecule has 3 nitrogen and oxygen atoms in total. The second kappa shape index (κ2) is 8.46. The highest BCUT2D eigenvalue weighted by Gasteiger charge is 2.17. The van der Waals surface area contributed by atoms with Crippen LogP contribution in [0.3, 0.4) is 0 Å². The number of likely N-dealkylation sites (tertiary alicyclic amines) is 1. The first-order valence-electron chi connectivity index (χ1n) is 8.72. The number of carbonyl (C=O) groups is 1. The molecule has 0 aliphatic carbocycles. The third kappa shape index (κ3) is 4.80. The normalized spacial score (nSPS) is 15.0. The summed E-state index contributed by atoms with van der Waals surface area (Å²) >= 11 is 0. The first-order chi connectivity index (χ1) is 11.8. The van der Waals surface area contributed by atoms with Gasteiger partial charge in [-0.15, -0.1) is 0 Å². The predicted molar refractivity (Wildman–Crippen MR) is 97.4 cm³/mol. The van der Waals surface area contributed by atoms with Gasteiger partial charge in [-0.05, 0) is 17.2 Å².